The van der Waals surface area contributed by atoms with E-state index in [9.17, 15) is 9.59 Å². The van der Waals surface area contributed by atoms with E-state index in [1.165, 1.54) is 9.80 Å². The van der Waals surface area contributed by atoms with Gasteiger partial charge in [-0.1, -0.05) is 6.07 Å². The van der Waals surface area contributed by atoms with Crippen LogP contribution in [0.5, 0.6) is 5.75 Å². The fraction of sp³-hybridized carbons (Fsp3) is 0.500. The Hall–Kier alpha value is -2.28. The molecular formula is C16H23N4O3+. The molecule has 1 aromatic rings. The van der Waals surface area contributed by atoms with Crippen molar-refractivity contribution in [3.05, 3.63) is 24.3 Å². The molecule has 2 aliphatic heterocycles. The lowest BCUT2D eigenvalue weighted by molar-refractivity contribution is -0.892. The number of imide groups is 1. The fourth-order valence-electron chi connectivity index (χ4n) is 3.08. The van der Waals surface area contributed by atoms with Gasteiger partial charge in [-0.25, -0.2) is 4.79 Å². The monoisotopic (exact) mass is 319 g/mol. The molecule has 2 N–H and O–H groups in total. The Balaban J connectivity index is 1.52. The van der Waals surface area contributed by atoms with Gasteiger partial charge in [-0.3, -0.25) is 9.69 Å². The van der Waals surface area contributed by atoms with Gasteiger partial charge in [0.15, 0.2) is 6.54 Å². The minimum absolute atomic E-state index is 0.0789. The predicted molar refractivity (Wildman–Crippen MR) is 85.9 cm³/mol. The first-order valence-electron chi connectivity index (χ1n) is 7.98. The number of amides is 3. The Kier molecular flexibility index (Phi) is 4.66. The quantitative estimate of drug-likeness (QED) is 0.743. The first-order valence-corrected chi connectivity index (χ1v) is 7.98. The lowest BCUT2D eigenvalue weighted by atomic mass is 10.2. The molecule has 1 aromatic carbocycles. The molecule has 3 rings (SSSR count). The van der Waals surface area contributed by atoms with Gasteiger partial charge in [0.2, 0.25) is 0 Å². The van der Waals surface area contributed by atoms with E-state index in [1.807, 2.05) is 18.2 Å². The number of benzene rings is 1. The summed E-state index contributed by atoms with van der Waals surface area (Å²) >= 11 is 0. The van der Waals surface area contributed by atoms with Gasteiger partial charge >= 0.3 is 6.03 Å². The smallest absolute Gasteiger partial charge is 0.324 e. The first-order chi connectivity index (χ1) is 11.2. The average Bonchev–Trinajstić information content (AvgIpc) is 3.02. The molecule has 7 heteroatoms. The zero-order chi connectivity index (χ0) is 16.2. The van der Waals surface area contributed by atoms with Crippen LogP contribution in [0.1, 0.15) is 0 Å². The number of hydrogen-bond donors (Lipinski definition) is 2. The van der Waals surface area contributed by atoms with E-state index in [0.29, 0.717) is 19.6 Å². The van der Waals surface area contributed by atoms with Crippen LogP contribution in [0.4, 0.5) is 10.5 Å². The molecule has 0 radical (unpaired) electrons. The number of urea groups is 1. The molecule has 0 unspecified atom stereocenters. The maximum Gasteiger partial charge on any atom is 0.324 e. The van der Waals surface area contributed by atoms with Gasteiger partial charge in [0, 0.05) is 24.8 Å². The number of piperazine rings is 1. The minimum atomic E-state index is -0.260. The highest BCUT2D eigenvalue weighted by Gasteiger charge is 2.30. The van der Waals surface area contributed by atoms with E-state index >= 15 is 0 Å². The molecular weight excluding hydrogens is 296 g/mol. The van der Waals surface area contributed by atoms with Crippen LogP contribution in [0.25, 0.3) is 0 Å². The summed E-state index contributed by atoms with van der Waals surface area (Å²) in [5, 5.41) is 2.66. The van der Waals surface area contributed by atoms with Crippen LogP contribution < -0.4 is 19.9 Å². The van der Waals surface area contributed by atoms with Crippen molar-refractivity contribution in [1.82, 2.24) is 10.2 Å². The van der Waals surface area contributed by atoms with E-state index in [0.717, 1.165) is 37.6 Å². The van der Waals surface area contributed by atoms with E-state index in [-0.39, 0.29) is 11.9 Å². The highest BCUT2D eigenvalue weighted by atomic mass is 16.5. The Morgan fingerprint density at radius 1 is 1.30 bits per heavy atom. The Morgan fingerprint density at radius 2 is 2.09 bits per heavy atom. The predicted octanol–water partition coefficient (Wildman–Crippen LogP) is -1.05. The van der Waals surface area contributed by atoms with Crippen molar-refractivity contribution in [3.63, 3.8) is 0 Å². The van der Waals surface area contributed by atoms with E-state index < -0.39 is 0 Å². The standard InChI is InChI=1S/C16H22N4O3/c1-23-14-4-2-3-13(11-14)19-9-7-18(8-10-19)12-15(21)20-6-5-17-16(20)22/h2-4,11H,5-10,12H2,1H3,(H,17,22)/p+1. The Bertz CT molecular complexity index is 584. The molecule has 23 heavy (non-hydrogen) atoms. The lowest BCUT2D eigenvalue weighted by Crippen LogP contribution is -3.16. The maximum atomic E-state index is 12.2. The molecule has 2 aliphatic rings. The van der Waals surface area contributed by atoms with Gasteiger partial charge in [-0.05, 0) is 12.1 Å². The summed E-state index contributed by atoms with van der Waals surface area (Å²) in [5.41, 5.74) is 1.15. The fourth-order valence-corrected chi connectivity index (χ4v) is 3.08. The normalized spacial score (nSPS) is 18.9. The second kappa shape index (κ2) is 6.87. The van der Waals surface area contributed by atoms with E-state index in [4.69, 9.17) is 4.74 Å². The summed E-state index contributed by atoms with van der Waals surface area (Å²) in [5.74, 6) is 0.775. The van der Waals surface area contributed by atoms with Crippen LogP contribution in [-0.2, 0) is 4.79 Å². The summed E-state index contributed by atoms with van der Waals surface area (Å²) in [7, 11) is 1.67. The van der Waals surface area contributed by atoms with Crippen molar-refractivity contribution < 1.29 is 19.2 Å². The molecule has 3 amide bonds. The minimum Gasteiger partial charge on any atom is -0.497 e. The molecule has 7 nitrogen and oxygen atoms in total. The molecule has 0 aliphatic carbocycles. The highest BCUT2D eigenvalue weighted by molar-refractivity contribution is 5.96. The van der Waals surface area contributed by atoms with Gasteiger partial charge in [0.1, 0.15) is 5.75 Å². The molecule has 0 bridgehead atoms. The molecule has 0 atom stereocenters. The summed E-state index contributed by atoms with van der Waals surface area (Å²) in [6.45, 7) is 4.99. The number of rotatable bonds is 4. The molecule has 2 fully saturated rings. The number of hydrogen-bond acceptors (Lipinski definition) is 4. The molecule has 124 valence electrons. The van der Waals surface area contributed by atoms with E-state index in [2.05, 4.69) is 16.3 Å². The van der Waals surface area contributed by atoms with Gasteiger partial charge in [0.25, 0.3) is 5.91 Å². The molecule has 0 aromatic heterocycles. The summed E-state index contributed by atoms with van der Waals surface area (Å²) < 4.78 is 5.27. The second-order valence-electron chi connectivity index (χ2n) is 5.89. The van der Waals surface area contributed by atoms with Gasteiger partial charge in [0.05, 0.1) is 33.3 Å². The van der Waals surface area contributed by atoms with Gasteiger partial charge < -0.3 is 19.9 Å². The second-order valence-corrected chi connectivity index (χ2v) is 5.89. The third-order valence-electron chi connectivity index (χ3n) is 4.45. The number of nitrogens with zero attached hydrogens (tertiary/aromatic N) is 2. The number of ether oxygens (including phenoxy) is 1. The number of quaternary nitrogens is 1. The first kappa shape index (κ1) is 15.6. The van der Waals surface area contributed by atoms with Crippen LogP contribution >= 0.6 is 0 Å². The number of methoxy groups -OCH3 is 1. The Morgan fingerprint density at radius 3 is 2.74 bits per heavy atom. The Labute approximate surface area is 135 Å². The van der Waals surface area contributed by atoms with Crippen molar-refractivity contribution in [3.8, 4) is 5.75 Å². The molecule has 2 saturated heterocycles. The summed E-state index contributed by atoms with van der Waals surface area (Å²) in [6, 6.07) is 7.77. The van der Waals surface area contributed by atoms with Gasteiger partial charge in [-0.2, -0.15) is 0 Å². The van der Waals surface area contributed by atoms with Gasteiger partial charge in [-0.15, -0.1) is 0 Å². The van der Waals surface area contributed by atoms with Crippen molar-refractivity contribution >= 4 is 17.6 Å². The molecule has 2 heterocycles. The van der Waals surface area contributed by atoms with Crippen LogP contribution in [0.15, 0.2) is 24.3 Å². The summed E-state index contributed by atoms with van der Waals surface area (Å²) in [6.07, 6.45) is 0. The number of carbonyl (C=O) groups is 2. The highest BCUT2D eigenvalue weighted by Crippen LogP contribution is 2.20. The number of carbonyl (C=O) groups excluding carboxylic acids is 2. The van der Waals surface area contributed by atoms with Crippen LogP contribution in [0.2, 0.25) is 0 Å². The third-order valence-corrected chi connectivity index (χ3v) is 4.45. The SMILES string of the molecule is COc1cccc(N2CC[NH+](CC(=O)N3CCNC3=O)CC2)c1. The lowest BCUT2D eigenvalue weighted by Gasteiger charge is -2.33. The maximum absolute atomic E-state index is 12.2. The van der Waals surface area contributed by atoms with Crippen LogP contribution in [-0.4, -0.2) is 69.8 Å². The van der Waals surface area contributed by atoms with Crippen molar-refractivity contribution in [2.75, 3.05) is 57.8 Å². The molecule has 0 saturated carbocycles. The number of nitrogens with one attached hydrogen (secondary N) is 2. The number of anilines is 1. The van der Waals surface area contributed by atoms with Crippen LogP contribution in [0.3, 0.4) is 0 Å². The van der Waals surface area contributed by atoms with E-state index in [1.54, 1.807) is 7.11 Å². The summed E-state index contributed by atoms with van der Waals surface area (Å²) in [4.78, 5) is 28.5. The topological polar surface area (TPSA) is 66.3 Å². The van der Waals surface area contributed by atoms with Crippen molar-refractivity contribution in [2.45, 2.75) is 0 Å². The van der Waals surface area contributed by atoms with Crippen LogP contribution in [0, 0.1) is 0 Å². The van der Waals surface area contributed by atoms with Crippen molar-refractivity contribution in [1.29, 1.82) is 0 Å². The zero-order valence-corrected chi connectivity index (χ0v) is 13.4. The zero-order valence-electron chi connectivity index (χ0n) is 13.4. The average molecular weight is 319 g/mol. The van der Waals surface area contributed by atoms with Crippen molar-refractivity contribution in [2.24, 2.45) is 0 Å². The largest absolute Gasteiger partial charge is 0.497 e. The molecule has 0 spiro atoms. The third kappa shape index (κ3) is 3.56.